The van der Waals surface area contributed by atoms with Gasteiger partial charge >= 0.3 is 0 Å². The van der Waals surface area contributed by atoms with Gasteiger partial charge in [0.15, 0.2) is 0 Å². The molecule has 0 spiro atoms. The van der Waals surface area contributed by atoms with Crippen molar-refractivity contribution in [1.29, 1.82) is 0 Å². The number of rotatable bonds is 3. The van der Waals surface area contributed by atoms with Gasteiger partial charge in [0.05, 0.1) is 6.42 Å². The summed E-state index contributed by atoms with van der Waals surface area (Å²) in [5, 5.41) is 2.96. The molecule has 1 aliphatic heterocycles. The predicted octanol–water partition coefficient (Wildman–Crippen LogP) is 0.548. The molecule has 1 aliphatic rings. The standard InChI is InChI=1S/C14H19N3O2/c1-17-9-12(5-6-14(17)19)16-13(18)8-10-3-2-4-11(15)7-10/h2-4,7,12H,5-6,8-9,15H2,1H3,(H,16,18). The molecule has 102 valence electrons. The minimum Gasteiger partial charge on any atom is -0.399 e. The first-order valence-electron chi connectivity index (χ1n) is 6.42. The summed E-state index contributed by atoms with van der Waals surface area (Å²) in [6.45, 7) is 0.585. The van der Waals surface area contributed by atoms with Gasteiger partial charge in [0, 0.05) is 31.7 Å². The SMILES string of the molecule is CN1CC(NC(=O)Cc2cccc(N)c2)CCC1=O. The van der Waals surface area contributed by atoms with Crippen molar-refractivity contribution in [1.82, 2.24) is 10.2 Å². The number of benzene rings is 1. The van der Waals surface area contributed by atoms with Crippen LogP contribution in [0.25, 0.3) is 0 Å². The van der Waals surface area contributed by atoms with E-state index in [-0.39, 0.29) is 17.9 Å². The lowest BCUT2D eigenvalue weighted by Crippen LogP contribution is -2.48. The Labute approximate surface area is 112 Å². The van der Waals surface area contributed by atoms with Crippen molar-refractivity contribution in [3.8, 4) is 0 Å². The van der Waals surface area contributed by atoms with Crippen molar-refractivity contribution < 1.29 is 9.59 Å². The number of nitrogens with two attached hydrogens (primary N) is 1. The number of anilines is 1. The lowest BCUT2D eigenvalue weighted by atomic mass is 10.0. The molecule has 1 atom stereocenters. The van der Waals surface area contributed by atoms with Gasteiger partial charge in [-0.1, -0.05) is 12.1 Å². The lowest BCUT2D eigenvalue weighted by Gasteiger charge is -2.30. The number of nitrogens with one attached hydrogen (secondary N) is 1. The Morgan fingerprint density at radius 1 is 1.53 bits per heavy atom. The molecule has 2 amide bonds. The molecule has 0 aliphatic carbocycles. The van der Waals surface area contributed by atoms with Crippen molar-refractivity contribution in [3.63, 3.8) is 0 Å². The molecule has 0 radical (unpaired) electrons. The van der Waals surface area contributed by atoms with E-state index in [2.05, 4.69) is 5.32 Å². The molecule has 2 rings (SSSR count). The Morgan fingerprint density at radius 3 is 3.00 bits per heavy atom. The Morgan fingerprint density at radius 2 is 2.32 bits per heavy atom. The molecular weight excluding hydrogens is 242 g/mol. The second-order valence-electron chi connectivity index (χ2n) is 5.00. The van der Waals surface area contributed by atoms with Crippen LogP contribution in [0.3, 0.4) is 0 Å². The van der Waals surface area contributed by atoms with Crippen molar-refractivity contribution in [2.24, 2.45) is 0 Å². The van der Waals surface area contributed by atoms with E-state index in [1.165, 1.54) is 0 Å². The van der Waals surface area contributed by atoms with Crippen LogP contribution in [0.2, 0.25) is 0 Å². The van der Waals surface area contributed by atoms with Crippen LogP contribution in [0.1, 0.15) is 18.4 Å². The van der Waals surface area contributed by atoms with Crippen LogP contribution >= 0.6 is 0 Å². The van der Waals surface area contributed by atoms with Gasteiger partial charge in [0.2, 0.25) is 11.8 Å². The number of nitrogen functional groups attached to an aromatic ring is 1. The molecule has 5 nitrogen and oxygen atoms in total. The highest BCUT2D eigenvalue weighted by molar-refractivity contribution is 5.80. The van der Waals surface area contributed by atoms with Gasteiger partial charge in [-0.15, -0.1) is 0 Å². The highest BCUT2D eigenvalue weighted by atomic mass is 16.2. The van der Waals surface area contributed by atoms with Crippen molar-refractivity contribution in [2.75, 3.05) is 19.3 Å². The molecule has 3 N–H and O–H groups in total. The fraction of sp³-hybridized carbons (Fsp3) is 0.429. The third-order valence-corrected chi connectivity index (χ3v) is 3.31. The summed E-state index contributed by atoms with van der Waals surface area (Å²) >= 11 is 0. The zero-order valence-corrected chi connectivity index (χ0v) is 11.1. The molecule has 5 heteroatoms. The summed E-state index contributed by atoms with van der Waals surface area (Å²) in [5.74, 6) is 0.111. The lowest BCUT2D eigenvalue weighted by molar-refractivity contribution is -0.133. The summed E-state index contributed by atoms with van der Waals surface area (Å²) in [4.78, 5) is 24.9. The number of nitrogens with zero attached hydrogens (tertiary/aromatic N) is 1. The first kappa shape index (κ1) is 13.4. The Kier molecular flexibility index (Phi) is 4.04. The van der Waals surface area contributed by atoms with E-state index in [0.29, 0.717) is 31.5 Å². The molecule has 19 heavy (non-hydrogen) atoms. The van der Waals surface area contributed by atoms with Crippen LogP contribution in [0, 0.1) is 0 Å². The zero-order valence-electron chi connectivity index (χ0n) is 11.1. The molecular formula is C14H19N3O2. The molecule has 1 aromatic rings. The maximum absolute atomic E-state index is 11.9. The second kappa shape index (κ2) is 5.73. The van der Waals surface area contributed by atoms with Crippen molar-refractivity contribution in [2.45, 2.75) is 25.3 Å². The summed E-state index contributed by atoms with van der Waals surface area (Å²) in [6, 6.07) is 7.37. The smallest absolute Gasteiger partial charge is 0.224 e. The van der Waals surface area contributed by atoms with E-state index in [9.17, 15) is 9.59 Å². The number of carbonyl (C=O) groups excluding carboxylic acids is 2. The van der Waals surface area contributed by atoms with Gasteiger partial charge in [-0.3, -0.25) is 9.59 Å². The second-order valence-corrected chi connectivity index (χ2v) is 5.00. The normalized spacial score (nSPS) is 19.3. The number of hydrogen-bond donors (Lipinski definition) is 2. The number of carbonyl (C=O) groups is 2. The number of amides is 2. The third-order valence-electron chi connectivity index (χ3n) is 3.31. The van der Waals surface area contributed by atoms with Crippen molar-refractivity contribution in [3.05, 3.63) is 29.8 Å². The molecule has 1 aromatic carbocycles. The predicted molar refractivity (Wildman–Crippen MR) is 73.4 cm³/mol. The van der Waals surface area contributed by atoms with E-state index in [0.717, 1.165) is 5.56 Å². The third kappa shape index (κ3) is 3.71. The fourth-order valence-corrected chi connectivity index (χ4v) is 2.30. The van der Waals surface area contributed by atoms with Gasteiger partial charge in [0.25, 0.3) is 0 Å². The quantitative estimate of drug-likeness (QED) is 0.780. The average molecular weight is 261 g/mol. The summed E-state index contributed by atoms with van der Waals surface area (Å²) < 4.78 is 0. The number of hydrogen-bond acceptors (Lipinski definition) is 3. The summed E-state index contributed by atoms with van der Waals surface area (Å²) in [5.41, 5.74) is 7.24. The monoisotopic (exact) mass is 261 g/mol. The molecule has 1 saturated heterocycles. The maximum Gasteiger partial charge on any atom is 0.224 e. The topological polar surface area (TPSA) is 75.4 Å². The van der Waals surface area contributed by atoms with Crippen molar-refractivity contribution >= 4 is 17.5 Å². The number of likely N-dealkylation sites (N-methyl/N-ethyl adjacent to an activating group) is 1. The minimum absolute atomic E-state index is 0.0293. The van der Waals surface area contributed by atoms with Crippen LogP contribution in [-0.2, 0) is 16.0 Å². The molecule has 1 unspecified atom stereocenters. The first-order chi connectivity index (χ1) is 9.04. The average Bonchev–Trinajstić information content (AvgIpc) is 2.34. The van der Waals surface area contributed by atoms with Crippen LogP contribution < -0.4 is 11.1 Å². The summed E-state index contributed by atoms with van der Waals surface area (Å²) in [7, 11) is 1.76. The fourth-order valence-electron chi connectivity index (χ4n) is 2.30. The Bertz CT molecular complexity index is 487. The molecule has 0 bridgehead atoms. The molecule has 1 heterocycles. The first-order valence-corrected chi connectivity index (χ1v) is 6.42. The van der Waals surface area contributed by atoms with Crippen LogP contribution in [-0.4, -0.2) is 36.3 Å². The van der Waals surface area contributed by atoms with Crippen LogP contribution in [0.5, 0.6) is 0 Å². The summed E-state index contributed by atoms with van der Waals surface area (Å²) in [6.07, 6.45) is 1.53. The van der Waals surface area contributed by atoms with E-state index in [1.807, 2.05) is 12.1 Å². The van der Waals surface area contributed by atoms with Gasteiger partial charge < -0.3 is 16.0 Å². The maximum atomic E-state index is 11.9. The highest BCUT2D eigenvalue weighted by Crippen LogP contribution is 2.11. The van der Waals surface area contributed by atoms with Gasteiger partial charge in [-0.05, 0) is 24.1 Å². The van der Waals surface area contributed by atoms with Crippen LogP contribution in [0.15, 0.2) is 24.3 Å². The zero-order chi connectivity index (χ0) is 13.8. The van der Waals surface area contributed by atoms with E-state index >= 15 is 0 Å². The van der Waals surface area contributed by atoms with E-state index < -0.39 is 0 Å². The highest BCUT2D eigenvalue weighted by Gasteiger charge is 2.23. The van der Waals surface area contributed by atoms with Gasteiger partial charge in [0.1, 0.15) is 0 Å². The largest absolute Gasteiger partial charge is 0.399 e. The van der Waals surface area contributed by atoms with Gasteiger partial charge in [-0.2, -0.15) is 0 Å². The minimum atomic E-state index is -0.0293. The van der Waals surface area contributed by atoms with Crippen LogP contribution in [0.4, 0.5) is 5.69 Å². The molecule has 1 fully saturated rings. The van der Waals surface area contributed by atoms with E-state index in [1.54, 1.807) is 24.1 Å². The number of likely N-dealkylation sites (tertiary alicyclic amines) is 1. The Hall–Kier alpha value is -2.04. The molecule has 0 aromatic heterocycles. The number of piperidine rings is 1. The molecule has 0 saturated carbocycles. The van der Waals surface area contributed by atoms with E-state index in [4.69, 9.17) is 5.73 Å². The Balaban J connectivity index is 1.86. The van der Waals surface area contributed by atoms with Gasteiger partial charge in [-0.25, -0.2) is 0 Å².